The van der Waals surface area contributed by atoms with Crippen molar-refractivity contribution in [1.29, 1.82) is 0 Å². The number of hydrogen-bond donors (Lipinski definition) is 0. The van der Waals surface area contributed by atoms with Crippen LogP contribution in [0.15, 0.2) is 31.5 Å². The Morgan fingerprint density at radius 1 is 1.13 bits per heavy atom. The maximum absolute atomic E-state index is 4.62. The van der Waals surface area contributed by atoms with Crippen molar-refractivity contribution in [1.82, 2.24) is 4.98 Å². The van der Waals surface area contributed by atoms with Gasteiger partial charge in [-0.25, -0.2) is 3.15 Å². The fraction of sp³-hybridized carbons (Fsp3) is 0.0833. The summed E-state index contributed by atoms with van der Waals surface area (Å²) < 4.78 is 6.81. The van der Waals surface area contributed by atoms with Crippen molar-refractivity contribution in [3.05, 3.63) is 39.6 Å². The van der Waals surface area contributed by atoms with Crippen molar-refractivity contribution in [3.63, 3.8) is 0 Å². The molecule has 2 heterocycles. The van der Waals surface area contributed by atoms with Gasteiger partial charge in [-0.1, -0.05) is 18.2 Å². The number of fused-ring (bicyclic) bond motifs is 3. The van der Waals surface area contributed by atoms with E-state index in [4.69, 9.17) is 0 Å². The molecular formula is C12H9IN2. The molecule has 0 unspecified atom stereocenters. The number of hydrogen-bond acceptors (Lipinski definition) is 2. The third-order valence-corrected chi connectivity index (χ3v) is 3.88. The van der Waals surface area contributed by atoms with Crippen molar-refractivity contribution in [2.75, 3.05) is 0 Å². The molecule has 2 aromatic rings. The van der Waals surface area contributed by atoms with Crippen molar-refractivity contribution < 1.29 is 0 Å². The maximum Gasteiger partial charge on any atom is 0.103 e. The molecule has 0 saturated heterocycles. The van der Waals surface area contributed by atoms with Crippen LogP contribution in [0.4, 0.5) is 5.69 Å². The highest BCUT2D eigenvalue weighted by Crippen LogP contribution is 2.36. The first kappa shape index (κ1) is 9.15. The lowest BCUT2D eigenvalue weighted by Crippen LogP contribution is -1.86. The second-order valence-corrected chi connectivity index (χ2v) is 5.26. The molecule has 3 heteroatoms. The van der Waals surface area contributed by atoms with E-state index in [2.05, 4.69) is 36.5 Å². The van der Waals surface area contributed by atoms with Crippen LogP contribution in [-0.4, -0.2) is 4.98 Å². The lowest BCUT2D eigenvalue weighted by Gasteiger charge is -2.07. The van der Waals surface area contributed by atoms with Crippen molar-refractivity contribution >= 4 is 43.7 Å². The van der Waals surface area contributed by atoms with Gasteiger partial charge in [-0.15, -0.1) is 0 Å². The van der Waals surface area contributed by atoms with Gasteiger partial charge in [-0.3, -0.25) is 4.98 Å². The number of pyridine rings is 1. The molecule has 3 rings (SSSR count). The van der Waals surface area contributed by atoms with E-state index in [0.29, 0.717) is 0 Å². The summed E-state index contributed by atoms with van der Waals surface area (Å²) in [5, 5.41) is 1.18. The highest BCUT2D eigenvalue weighted by molar-refractivity contribution is 14.2. The normalized spacial score (nSPS) is 13.7. The Balaban J connectivity index is 2.45. The summed E-state index contributed by atoms with van der Waals surface area (Å²) in [6, 6.07) is 8.40. The van der Waals surface area contributed by atoms with Crippen molar-refractivity contribution in [3.8, 4) is 0 Å². The molecular weight excluding hydrogens is 299 g/mol. The monoisotopic (exact) mass is 308 g/mol. The van der Waals surface area contributed by atoms with Gasteiger partial charge < -0.3 is 0 Å². The van der Waals surface area contributed by atoms with Crippen molar-refractivity contribution in [2.45, 2.75) is 6.92 Å². The Hall–Kier alpha value is -1.10. The van der Waals surface area contributed by atoms with E-state index in [1.807, 2.05) is 13.0 Å². The number of nitrogens with zero attached hydrogens (tertiary/aromatic N) is 2. The first-order valence-electron chi connectivity index (χ1n) is 4.75. The zero-order valence-electron chi connectivity index (χ0n) is 8.24. The van der Waals surface area contributed by atoms with Gasteiger partial charge in [-0.2, -0.15) is 0 Å². The van der Waals surface area contributed by atoms with Crippen LogP contribution in [0.2, 0.25) is 0 Å². The fourth-order valence-corrected chi connectivity index (χ4v) is 3.18. The minimum atomic E-state index is -0.155. The summed E-state index contributed by atoms with van der Waals surface area (Å²) in [7, 11) is 0. The Morgan fingerprint density at radius 2 is 2.00 bits per heavy atom. The Morgan fingerprint density at radius 3 is 2.93 bits per heavy atom. The Labute approximate surface area is 98.2 Å². The predicted octanol–water partition coefficient (Wildman–Crippen LogP) is 4.31. The molecule has 0 bridgehead atoms. The molecule has 0 saturated carbocycles. The smallest absolute Gasteiger partial charge is 0.103 e. The average Bonchev–Trinajstić information content (AvgIpc) is 2.29. The molecule has 2 nitrogen and oxygen atoms in total. The van der Waals surface area contributed by atoms with Crippen LogP contribution in [0.3, 0.4) is 0 Å². The molecule has 0 N–H and O–H groups in total. The van der Waals surface area contributed by atoms with E-state index in [-0.39, 0.29) is 21.0 Å². The van der Waals surface area contributed by atoms with E-state index >= 15 is 0 Å². The number of aryl methyl sites for hydroxylation is 1. The summed E-state index contributed by atoms with van der Waals surface area (Å²) in [5.41, 5.74) is 4.40. The van der Waals surface area contributed by atoms with Crippen molar-refractivity contribution in [2.24, 2.45) is 3.15 Å². The van der Waals surface area contributed by atoms with E-state index in [9.17, 15) is 0 Å². The summed E-state index contributed by atoms with van der Waals surface area (Å²) in [6.45, 7) is 2.02. The topological polar surface area (TPSA) is 25.2 Å². The summed E-state index contributed by atoms with van der Waals surface area (Å²) in [6.07, 6.45) is 2.17. The number of halogens is 1. The van der Waals surface area contributed by atoms with Crippen LogP contribution in [0, 0.1) is 6.92 Å². The van der Waals surface area contributed by atoms with E-state index in [1.54, 1.807) is 0 Å². The lowest BCUT2D eigenvalue weighted by molar-refractivity contribution is 1.25. The molecule has 74 valence electrons. The van der Waals surface area contributed by atoms with Crippen LogP contribution >= 0.6 is 21.0 Å². The molecule has 0 aliphatic carbocycles. The fourth-order valence-electron chi connectivity index (χ4n) is 1.68. The third kappa shape index (κ3) is 1.51. The van der Waals surface area contributed by atoms with E-state index < -0.39 is 0 Å². The van der Waals surface area contributed by atoms with Gasteiger partial charge in [0.15, 0.2) is 0 Å². The van der Waals surface area contributed by atoms with Crippen LogP contribution < -0.4 is 0 Å². The quantitative estimate of drug-likeness (QED) is 0.666. The summed E-state index contributed by atoms with van der Waals surface area (Å²) >= 11 is -0.155. The second kappa shape index (κ2) is 3.48. The molecule has 0 amide bonds. The highest BCUT2D eigenvalue weighted by Gasteiger charge is 2.07. The largest absolute Gasteiger partial charge is 0.251 e. The number of rotatable bonds is 0. The predicted molar refractivity (Wildman–Crippen MR) is 71.6 cm³/mol. The minimum absolute atomic E-state index is 0.155. The SMILES string of the molecule is Cc1ccc2ccc3c(c2n1)N=IC=C3. The zero-order valence-corrected chi connectivity index (χ0v) is 10.4. The summed E-state index contributed by atoms with van der Waals surface area (Å²) in [5.74, 6) is 0. The molecule has 0 atom stereocenters. The Bertz CT molecular complexity index is 600. The van der Waals surface area contributed by atoms with Gasteiger partial charge >= 0.3 is 0 Å². The van der Waals surface area contributed by atoms with Gasteiger partial charge in [0.1, 0.15) is 5.69 Å². The molecule has 1 aliphatic heterocycles. The molecule has 15 heavy (non-hydrogen) atoms. The van der Waals surface area contributed by atoms with Crippen LogP contribution in [0.5, 0.6) is 0 Å². The third-order valence-electron chi connectivity index (χ3n) is 2.44. The highest BCUT2D eigenvalue weighted by atomic mass is 127. The standard InChI is InChI=1S/C12H9IN2/c1-8-2-3-9-4-5-10-6-7-13-15-12(10)11(9)14-8/h2-7H,1H3. The van der Waals surface area contributed by atoms with Crippen LogP contribution in [-0.2, 0) is 0 Å². The van der Waals surface area contributed by atoms with Gasteiger partial charge in [0.25, 0.3) is 0 Å². The Kier molecular flexibility index (Phi) is 2.12. The minimum Gasteiger partial charge on any atom is -0.251 e. The van der Waals surface area contributed by atoms with E-state index in [0.717, 1.165) is 16.9 Å². The second-order valence-electron chi connectivity index (χ2n) is 3.50. The number of benzene rings is 1. The molecule has 1 aromatic carbocycles. The van der Waals surface area contributed by atoms with Gasteiger partial charge in [0, 0.05) is 37.7 Å². The van der Waals surface area contributed by atoms with Gasteiger partial charge in [0.05, 0.1) is 5.52 Å². The first-order chi connectivity index (χ1) is 7.34. The van der Waals surface area contributed by atoms with Gasteiger partial charge in [0.2, 0.25) is 0 Å². The number of aromatic nitrogens is 1. The molecule has 1 aromatic heterocycles. The zero-order chi connectivity index (χ0) is 10.3. The average molecular weight is 308 g/mol. The van der Waals surface area contributed by atoms with Gasteiger partial charge in [-0.05, 0) is 23.1 Å². The lowest BCUT2D eigenvalue weighted by atomic mass is 10.1. The molecule has 0 spiro atoms. The summed E-state index contributed by atoms with van der Waals surface area (Å²) in [4.78, 5) is 4.58. The molecule has 1 aliphatic rings. The van der Waals surface area contributed by atoms with Crippen LogP contribution in [0.25, 0.3) is 17.0 Å². The molecule has 0 fully saturated rings. The first-order valence-corrected chi connectivity index (χ1v) is 6.96. The van der Waals surface area contributed by atoms with E-state index in [1.165, 1.54) is 10.9 Å². The maximum atomic E-state index is 4.62. The van der Waals surface area contributed by atoms with Crippen LogP contribution in [0.1, 0.15) is 11.3 Å². The molecule has 0 radical (unpaired) electrons.